The molecule has 5 heteroatoms. The maximum Gasteiger partial charge on any atom is 0.335 e. The van der Waals surface area contributed by atoms with E-state index >= 15 is 0 Å². The van der Waals surface area contributed by atoms with E-state index in [0.717, 1.165) is 0 Å². The Kier molecular flexibility index (Phi) is 4.10. The highest BCUT2D eigenvalue weighted by Crippen LogP contribution is 2.12. The molecule has 0 unspecified atom stereocenters. The number of carbonyl (C=O) groups is 2. The van der Waals surface area contributed by atoms with Crippen molar-refractivity contribution in [2.75, 3.05) is 5.32 Å². The fourth-order valence-electron chi connectivity index (χ4n) is 1.77. The standard InChI is InChI=1S/C15H12FNO3/c16-12-5-1-3-10(7-12)8-14(18)17-13-6-2-4-11(9-13)15(19)20/h1-7,9H,8H2,(H,17,18)(H,19,20). The number of halogens is 1. The molecule has 0 aromatic heterocycles. The second-order valence-electron chi connectivity index (χ2n) is 4.24. The normalized spacial score (nSPS) is 10.1. The fourth-order valence-corrected chi connectivity index (χ4v) is 1.77. The van der Waals surface area contributed by atoms with Crippen molar-refractivity contribution < 1.29 is 19.1 Å². The van der Waals surface area contributed by atoms with Gasteiger partial charge in [0.05, 0.1) is 12.0 Å². The zero-order valence-corrected chi connectivity index (χ0v) is 10.5. The Morgan fingerprint density at radius 2 is 1.85 bits per heavy atom. The zero-order valence-electron chi connectivity index (χ0n) is 10.5. The molecule has 0 aliphatic rings. The van der Waals surface area contributed by atoms with E-state index in [1.165, 1.54) is 30.3 Å². The Morgan fingerprint density at radius 1 is 1.10 bits per heavy atom. The first-order valence-corrected chi connectivity index (χ1v) is 5.92. The van der Waals surface area contributed by atoms with E-state index in [0.29, 0.717) is 11.3 Å². The summed E-state index contributed by atoms with van der Waals surface area (Å²) in [5, 5.41) is 11.4. The van der Waals surface area contributed by atoms with E-state index < -0.39 is 11.8 Å². The summed E-state index contributed by atoms with van der Waals surface area (Å²) in [6, 6.07) is 11.7. The lowest BCUT2D eigenvalue weighted by Crippen LogP contribution is -2.14. The van der Waals surface area contributed by atoms with Crippen LogP contribution in [0.25, 0.3) is 0 Å². The van der Waals surface area contributed by atoms with Gasteiger partial charge in [-0.2, -0.15) is 0 Å². The second kappa shape index (κ2) is 5.97. The van der Waals surface area contributed by atoms with Crippen LogP contribution in [0.5, 0.6) is 0 Å². The summed E-state index contributed by atoms with van der Waals surface area (Å²) in [5.41, 5.74) is 1.04. The van der Waals surface area contributed by atoms with Gasteiger partial charge in [0, 0.05) is 5.69 Å². The summed E-state index contributed by atoms with van der Waals surface area (Å²) in [5.74, 6) is -1.80. The van der Waals surface area contributed by atoms with E-state index in [4.69, 9.17) is 5.11 Å². The van der Waals surface area contributed by atoms with Crippen LogP contribution < -0.4 is 5.32 Å². The van der Waals surface area contributed by atoms with Crippen LogP contribution in [0.4, 0.5) is 10.1 Å². The van der Waals surface area contributed by atoms with Gasteiger partial charge in [-0.25, -0.2) is 9.18 Å². The summed E-state index contributed by atoms with van der Waals surface area (Å²) in [4.78, 5) is 22.6. The largest absolute Gasteiger partial charge is 0.478 e. The molecule has 20 heavy (non-hydrogen) atoms. The molecule has 0 atom stereocenters. The molecule has 2 N–H and O–H groups in total. The summed E-state index contributed by atoms with van der Waals surface area (Å²) < 4.78 is 13.0. The molecule has 0 saturated heterocycles. The summed E-state index contributed by atoms with van der Waals surface area (Å²) in [7, 11) is 0. The first-order chi connectivity index (χ1) is 9.54. The highest BCUT2D eigenvalue weighted by Gasteiger charge is 2.07. The first-order valence-electron chi connectivity index (χ1n) is 5.92. The minimum atomic E-state index is -1.06. The topological polar surface area (TPSA) is 66.4 Å². The molecule has 102 valence electrons. The van der Waals surface area contributed by atoms with Gasteiger partial charge in [-0.05, 0) is 35.9 Å². The van der Waals surface area contributed by atoms with E-state index in [-0.39, 0.29) is 17.9 Å². The highest BCUT2D eigenvalue weighted by atomic mass is 19.1. The molecule has 0 saturated carbocycles. The molecule has 0 heterocycles. The van der Waals surface area contributed by atoms with E-state index in [1.807, 2.05) is 0 Å². The molecule has 2 rings (SSSR count). The lowest BCUT2D eigenvalue weighted by atomic mass is 10.1. The third kappa shape index (κ3) is 3.65. The van der Waals surface area contributed by atoms with Crippen molar-refractivity contribution >= 4 is 17.6 Å². The van der Waals surface area contributed by atoms with Gasteiger partial charge >= 0.3 is 5.97 Å². The summed E-state index contributed by atoms with van der Waals surface area (Å²) in [6.07, 6.45) is 0.0229. The number of carboxylic acids is 1. The maximum absolute atomic E-state index is 13.0. The predicted molar refractivity (Wildman–Crippen MR) is 72.1 cm³/mol. The van der Waals surface area contributed by atoms with Crippen LogP contribution in [0, 0.1) is 5.82 Å². The molecule has 0 radical (unpaired) electrons. The Labute approximate surface area is 114 Å². The van der Waals surface area contributed by atoms with Crippen molar-refractivity contribution in [3.8, 4) is 0 Å². The Hall–Kier alpha value is -2.69. The Balaban J connectivity index is 2.04. The van der Waals surface area contributed by atoms with Gasteiger partial charge in [-0.1, -0.05) is 18.2 Å². The molecule has 0 fully saturated rings. The molecule has 1 amide bonds. The zero-order chi connectivity index (χ0) is 14.5. The quantitative estimate of drug-likeness (QED) is 0.900. The van der Waals surface area contributed by atoms with Gasteiger partial charge in [-0.3, -0.25) is 4.79 Å². The van der Waals surface area contributed by atoms with Crippen LogP contribution in [-0.2, 0) is 11.2 Å². The number of carboxylic acid groups (broad SMARTS) is 1. The third-order valence-electron chi connectivity index (χ3n) is 2.65. The average molecular weight is 273 g/mol. The number of benzene rings is 2. The van der Waals surface area contributed by atoms with E-state index in [1.54, 1.807) is 18.2 Å². The molecule has 0 spiro atoms. The number of aromatic carboxylic acids is 1. The average Bonchev–Trinajstić information content (AvgIpc) is 2.38. The van der Waals surface area contributed by atoms with Crippen LogP contribution in [-0.4, -0.2) is 17.0 Å². The molecular weight excluding hydrogens is 261 g/mol. The first kappa shape index (κ1) is 13.7. The van der Waals surface area contributed by atoms with Gasteiger partial charge in [0.2, 0.25) is 5.91 Å². The van der Waals surface area contributed by atoms with E-state index in [2.05, 4.69) is 5.32 Å². The highest BCUT2D eigenvalue weighted by molar-refractivity contribution is 5.94. The smallest absolute Gasteiger partial charge is 0.335 e. The van der Waals surface area contributed by atoms with Gasteiger partial charge in [0.1, 0.15) is 5.82 Å². The van der Waals surface area contributed by atoms with Crippen LogP contribution in [0.2, 0.25) is 0 Å². The van der Waals surface area contributed by atoms with Crippen molar-refractivity contribution in [1.29, 1.82) is 0 Å². The summed E-state index contributed by atoms with van der Waals surface area (Å²) >= 11 is 0. The monoisotopic (exact) mass is 273 g/mol. The maximum atomic E-state index is 13.0. The number of hydrogen-bond donors (Lipinski definition) is 2. The van der Waals surface area contributed by atoms with Crippen molar-refractivity contribution in [1.82, 2.24) is 0 Å². The van der Waals surface area contributed by atoms with Crippen molar-refractivity contribution in [2.45, 2.75) is 6.42 Å². The number of amides is 1. The van der Waals surface area contributed by atoms with Crippen molar-refractivity contribution in [2.24, 2.45) is 0 Å². The van der Waals surface area contributed by atoms with Crippen molar-refractivity contribution in [3.63, 3.8) is 0 Å². The molecule has 0 aliphatic carbocycles. The van der Waals surface area contributed by atoms with E-state index in [9.17, 15) is 14.0 Å². The molecule has 0 bridgehead atoms. The minimum Gasteiger partial charge on any atom is -0.478 e. The number of carbonyl (C=O) groups excluding carboxylic acids is 1. The number of anilines is 1. The Morgan fingerprint density at radius 3 is 2.55 bits per heavy atom. The van der Waals surface area contributed by atoms with Crippen molar-refractivity contribution in [3.05, 3.63) is 65.5 Å². The van der Waals surface area contributed by atoms with Crippen LogP contribution >= 0.6 is 0 Å². The lowest BCUT2D eigenvalue weighted by molar-refractivity contribution is -0.115. The minimum absolute atomic E-state index is 0.0229. The van der Waals surface area contributed by atoms with Gasteiger partial charge in [-0.15, -0.1) is 0 Å². The van der Waals surface area contributed by atoms with Crippen LogP contribution in [0.1, 0.15) is 15.9 Å². The number of nitrogens with one attached hydrogen (secondary N) is 1. The summed E-state index contributed by atoms with van der Waals surface area (Å²) in [6.45, 7) is 0. The molecular formula is C15H12FNO3. The van der Waals surface area contributed by atoms with Gasteiger partial charge in [0.15, 0.2) is 0 Å². The van der Waals surface area contributed by atoms with Crippen LogP contribution in [0.3, 0.4) is 0 Å². The number of rotatable bonds is 4. The Bertz CT molecular complexity index is 655. The third-order valence-corrected chi connectivity index (χ3v) is 2.65. The predicted octanol–water partition coefficient (Wildman–Crippen LogP) is 2.71. The number of hydrogen-bond acceptors (Lipinski definition) is 2. The SMILES string of the molecule is O=C(Cc1cccc(F)c1)Nc1cccc(C(=O)O)c1. The molecule has 2 aromatic rings. The van der Waals surface area contributed by atoms with Gasteiger partial charge in [0.25, 0.3) is 0 Å². The van der Waals surface area contributed by atoms with Crippen LogP contribution in [0.15, 0.2) is 48.5 Å². The molecule has 0 aliphatic heterocycles. The lowest BCUT2D eigenvalue weighted by Gasteiger charge is -2.06. The molecule has 2 aromatic carbocycles. The fraction of sp³-hybridized carbons (Fsp3) is 0.0667. The second-order valence-corrected chi connectivity index (χ2v) is 4.24. The molecule has 4 nitrogen and oxygen atoms in total. The van der Waals surface area contributed by atoms with Gasteiger partial charge < -0.3 is 10.4 Å².